The number of amides is 4. The molecule has 1 heterocycles. The molecule has 6 N–H and O–H groups in total. The van der Waals surface area contributed by atoms with Gasteiger partial charge in [0, 0.05) is 56.8 Å². The van der Waals surface area contributed by atoms with Crippen LogP contribution < -0.4 is 27.0 Å². The van der Waals surface area contributed by atoms with Crippen LogP contribution in [0.15, 0.2) is 42.6 Å². The molecule has 0 radical (unpaired) electrons. The Kier molecular flexibility index (Phi) is 13.0. The number of nitrogens with one attached hydrogen (secondary N) is 4. The van der Waals surface area contributed by atoms with Crippen LogP contribution in [0.1, 0.15) is 40.5 Å². The minimum atomic E-state index is -0.519. The van der Waals surface area contributed by atoms with Crippen molar-refractivity contribution in [2.45, 2.75) is 19.8 Å². The smallest absolute Gasteiger partial charge is 0.256 e. The number of hydrogen-bond donors (Lipinski definition) is 5. The van der Waals surface area contributed by atoms with E-state index in [-0.39, 0.29) is 35.8 Å². The standard InChI is InChI=1S/C27H39N9O4/c1-5-13-30-25-21(17-32-27(34-25)33-20-11-9-19(10-12-20)24(28)39)26(40)31-15-7-14-29-22(37)18-36(4)23(38)8-6-16-35(2)3/h6,8-12,17H,5,7,13-16,18H2,1-4H3,(H2,28,39)(H,29,37)(H,31,40)(H2,30,32,33,34). The van der Waals surface area contributed by atoms with E-state index in [0.29, 0.717) is 49.7 Å². The average Bonchev–Trinajstić information content (AvgIpc) is 2.91. The first-order valence-corrected chi connectivity index (χ1v) is 13.0. The highest BCUT2D eigenvalue weighted by atomic mass is 16.2. The first-order valence-electron chi connectivity index (χ1n) is 13.0. The van der Waals surface area contributed by atoms with Gasteiger partial charge in [0.1, 0.15) is 11.4 Å². The summed E-state index contributed by atoms with van der Waals surface area (Å²) in [5.41, 5.74) is 6.60. The maximum atomic E-state index is 12.8. The zero-order valence-corrected chi connectivity index (χ0v) is 23.5. The third-order valence-corrected chi connectivity index (χ3v) is 5.45. The first kappa shape index (κ1) is 31.7. The van der Waals surface area contributed by atoms with Crippen molar-refractivity contribution in [2.75, 3.05) is 64.5 Å². The van der Waals surface area contributed by atoms with Crippen molar-refractivity contribution in [2.24, 2.45) is 5.73 Å². The molecule has 0 atom stereocenters. The third-order valence-electron chi connectivity index (χ3n) is 5.45. The van der Waals surface area contributed by atoms with Gasteiger partial charge in [-0.05, 0) is 51.2 Å². The van der Waals surface area contributed by atoms with E-state index in [0.717, 1.165) is 6.42 Å². The van der Waals surface area contributed by atoms with Gasteiger partial charge >= 0.3 is 0 Å². The zero-order valence-electron chi connectivity index (χ0n) is 23.5. The van der Waals surface area contributed by atoms with E-state index in [9.17, 15) is 19.2 Å². The number of likely N-dealkylation sites (N-methyl/N-ethyl adjacent to an activating group) is 2. The van der Waals surface area contributed by atoms with Gasteiger partial charge in [-0.1, -0.05) is 13.0 Å². The molecule has 4 amide bonds. The molecule has 0 aliphatic heterocycles. The molecule has 1 aromatic heterocycles. The molecule has 13 heteroatoms. The van der Waals surface area contributed by atoms with Gasteiger partial charge in [-0.3, -0.25) is 19.2 Å². The molecule has 0 aliphatic carbocycles. The average molecular weight is 554 g/mol. The number of aromatic nitrogens is 2. The molecule has 0 saturated heterocycles. The van der Waals surface area contributed by atoms with Gasteiger partial charge < -0.3 is 36.8 Å². The van der Waals surface area contributed by atoms with Crippen molar-refractivity contribution in [3.05, 3.63) is 53.7 Å². The quantitative estimate of drug-likeness (QED) is 0.150. The Morgan fingerprint density at radius 2 is 1.70 bits per heavy atom. The lowest BCUT2D eigenvalue weighted by atomic mass is 10.2. The number of nitrogens with zero attached hydrogens (tertiary/aromatic N) is 4. The lowest BCUT2D eigenvalue weighted by Crippen LogP contribution is -2.38. The Morgan fingerprint density at radius 1 is 1.00 bits per heavy atom. The molecule has 13 nitrogen and oxygen atoms in total. The highest BCUT2D eigenvalue weighted by Gasteiger charge is 2.15. The summed E-state index contributed by atoms with van der Waals surface area (Å²) in [4.78, 5) is 60.2. The molecule has 1 aromatic carbocycles. The van der Waals surface area contributed by atoms with Gasteiger partial charge in [-0.2, -0.15) is 4.98 Å². The van der Waals surface area contributed by atoms with Crippen LogP contribution >= 0.6 is 0 Å². The summed E-state index contributed by atoms with van der Waals surface area (Å²) in [6, 6.07) is 6.55. The minimum absolute atomic E-state index is 0.0586. The second-order valence-corrected chi connectivity index (χ2v) is 9.27. The molecule has 0 aliphatic rings. The normalized spacial score (nSPS) is 10.8. The summed E-state index contributed by atoms with van der Waals surface area (Å²) in [6.07, 6.45) is 5.94. The largest absolute Gasteiger partial charge is 0.369 e. The Labute approximate surface area is 234 Å². The maximum absolute atomic E-state index is 12.8. The van der Waals surface area contributed by atoms with Crippen LogP contribution in [0.3, 0.4) is 0 Å². The predicted molar refractivity (Wildman–Crippen MR) is 154 cm³/mol. The summed E-state index contributed by atoms with van der Waals surface area (Å²) < 4.78 is 0. The Balaban J connectivity index is 1.84. The van der Waals surface area contributed by atoms with Gasteiger partial charge in [0.2, 0.25) is 23.7 Å². The van der Waals surface area contributed by atoms with Crippen molar-refractivity contribution >= 4 is 41.1 Å². The monoisotopic (exact) mass is 553 g/mol. The van der Waals surface area contributed by atoms with E-state index in [1.165, 1.54) is 17.2 Å². The van der Waals surface area contributed by atoms with E-state index in [2.05, 4.69) is 31.2 Å². The van der Waals surface area contributed by atoms with Gasteiger partial charge in [0.25, 0.3) is 5.91 Å². The van der Waals surface area contributed by atoms with Gasteiger partial charge in [-0.25, -0.2) is 4.98 Å². The van der Waals surface area contributed by atoms with Crippen molar-refractivity contribution in [3.8, 4) is 0 Å². The second-order valence-electron chi connectivity index (χ2n) is 9.27. The second kappa shape index (κ2) is 16.4. The Bertz CT molecular complexity index is 1180. The van der Waals surface area contributed by atoms with Crippen LogP contribution in [0.5, 0.6) is 0 Å². The Hall–Kier alpha value is -4.52. The minimum Gasteiger partial charge on any atom is -0.369 e. The number of hydrogen-bond acceptors (Lipinski definition) is 9. The summed E-state index contributed by atoms with van der Waals surface area (Å²) in [5.74, 6) is -0.740. The molecule has 40 heavy (non-hydrogen) atoms. The van der Waals surface area contributed by atoms with Crippen molar-refractivity contribution in [1.82, 2.24) is 30.4 Å². The molecule has 0 bridgehead atoms. The summed E-state index contributed by atoms with van der Waals surface area (Å²) in [7, 11) is 5.36. The SMILES string of the molecule is CCCNc1nc(Nc2ccc(C(N)=O)cc2)ncc1C(=O)NCCCNC(=O)CN(C)C(=O)C=CCN(C)C. The maximum Gasteiger partial charge on any atom is 0.256 e. The molecule has 0 spiro atoms. The van der Waals surface area contributed by atoms with E-state index >= 15 is 0 Å². The van der Waals surface area contributed by atoms with Crippen LogP contribution in [0.4, 0.5) is 17.5 Å². The Morgan fingerprint density at radius 3 is 2.35 bits per heavy atom. The van der Waals surface area contributed by atoms with E-state index < -0.39 is 5.91 Å². The highest BCUT2D eigenvalue weighted by molar-refractivity contribution is 5.98. The third kappa shape index (κ3) is 11.1. The van der Waals surface area contributed by atoms with Crippen LogP contribution in [-0.4, -0.2) is 97.3 Å². The lowest BCUT2D eigenvalue weighted by molar-refractivity contribution is -0.131. The predicted octanol–water partition coefficient (Wildman–Crippen LogP) is 0.953. The van der Waals surface area contributed by atoms with E-state index in [1.807, 2.05) is 25.9 Å². The number of anilines is 3. The number of primary amides is 1. The number of carbonyl (C=O) groups is 4. The molecule has 0 fully saturated rings. The van der Waals surface area contributed by atoms with Gasteiger partial charge in [-0.15, -0.1) is 0 Å². The van der Waals surface area contributed by atoms with Crippen LogP contribution in [0.25, 0.3) is 0 Å². The van der Waals surface area contributed by atoms with Gasteiger partial charge in [0.05, 0.1) is 6.54 Å². The first-order chi connectivity index (χ1) is 19.1. The number of carbonyl (C=O) groups excluding carboxylic acids is 4. The molecule has 0 unspecified atom stereocenters. The van der Waals surface area contributed by atoms with Crippen LogP contribution in [0.2, 0.25) is 0 Å². The number of nitrogens with two attached hydrogens (primary N) is 1. The molecule has 216 valence electrons. The van der Waals surface area contributed by atoms with Crippen LogP contribution in [-0.2, 0) is 9.59 Å². The fraction of sp³-hybridized carbons (Fsp3) is 0.407. The number of rotatable bonds is 16. The van der Waals surface area contributed by atoms with E-state index in [1.54, 1.807) is 37.4 Å². The fourth-order valence-corrected chi connectivity index (χ4v) is 3.29. The highest BCUT2D eigenvalue weighted by Crippen LogP contribution is 2.18. The summed E-state index contributed by atoms with van der Waals surface area (Å²) in [5, 5.41) is 11.8. The molecule has 2 aromatic rings. The summed E-state index contributed by atoms with van der Waals surface area (Å²) in [6.45, 7) is 3.84. The molecule has 2 rings (SSSR count). The van der Waals surface area contributed by atoms with Crippen molar-refractivity contribution in [3.63, 3.8) is 0 Å². The van der Waals surface area contributed by atoms with E-state index in [4.69, 9.17) is 5.73 Å². The molecule has 0 saturated carbocycles. The van der Waals surface area contributed by atoms with Crippen molar-refractivity contribution < 1.29 is 19.2 Å². The zero-order chi connectivity index (χ0) is 29.5. The molecular formula is C27H39N9O4. The lowest BCUT2D eigenvalue weighted by Gasteiger charge is -2.15. The van der Waals surface area contributed by atoms with Crippen molar-refractivity contribution in [1.29, 1.82) is 0 Å². The summed E-state index contributed by atoms with van der Waals surface area (Å²) >= 11 is 0. The van der Waals surface area contributed by atoms with Gasteiger partial charge in [0.15, 0.2) is 0 Å². The topological polar surface area (TPSA) is 175 Å². The molecular weight excluding hydrogens is 514 g/mol. The number of benzene rings is 1. The van der Waals surface area contributed by atoms with Crippen LogP contribution in [0, 0.1) is 0 Å². The fourth-order valence-electron chi connectivity index (χ4n) is 3.29.